The molecule has 1 amide bonds. The quantitative estimate of drug-likeness (QED) is 0.802. The van der Waals surface area contributed by atoms with Crippen LogP contribution in [0.5, 0.6) is 5.75 Å². The van der Waals surface area contributed by atoms with Crippen LogP contribution >= 0.6 is 11.6 Å². The van der Waals surface area contributed by atoms with Crippen molar-refractivity contribution in [1.29, 1.82) is 0 Å². The van der Waals surface area contributed by atoms with E-state index in [0.29, 0.717) is 11.8 Å². The number of nitrogens with zero attached hydrogens (tertiary/aromatic N) is 2. The topological polar surface area (TPSA) is 42.4 Å². The van der Waals surface area contributed by atoms with Gasteiger partial charge in [-0.15, -0.1) is 0 Å². The smallest absolute Gasteiger partial charge is 0.260 e. The summed E-state index contributed by atoms with van der Waals surface area (Å²) in [7, 11) is 1.86. The van der Waals surface area contributed by atoms with Gasteiger partial charge in [0.1, 0.15) is 0 Å². The Labute approximate surface area is 125 Å². The van der Waals surface area contributed by atoms with E-state index in [1.165, 1.54) is 12.8 Å². The number of ether oxygens (including phenoxy) is 1. The number of rotatable bonds is 4. The minimum atomic E-state index is -0.00975. The van der Waals surface area contributed by atoms with Gasteiger partial charge < -0.3 is 9.64 Å². The third kappa shape index (κ3) is 3.85. The molecule has 0 N–H and O–H groups in total. The number of likely N-dealkylation sites (N-methyl/N-ethyl adjacent to an activating group) is 1. The maximum absolute atomic E-state index is 12.1. The minimum absolute atomic E-state index is 0.00790. The Morgan fingerprint density at radius 3 is 2.80 bits per heavy atom. The minimum Gasteiger partial charge on any atom is -0.481 e. The van der Waals surface area contributed by atoms with Crippen LogP contribution in [0.3, 0.4) is 0 Å². The number of halogens is 1. The lowest BCUT2D eigenvalue weighted by Crippen LogP contribution is -2.41. The Bertz CT molecular complexity index is 459. The van der Waals surface area contributed by atoms with E-state index in [1.54, 1.807) is 18.3 Å². The van der Waals surface area contributed by atoms with E-state index in [0.717, 1.165) is 18.8 Å². The lowest BCUT2D eigenvalue weighted by Gasteiger charge is -2.33. The second kappa shape index (κ2) is 6.93. The van der Waals surface area contributed by atoms with Crippen LogP contribution in [0, 0.1) is 5.92 Å². The van der Waals surface area contributed by atoms with E-state index < -0.39 is 0 Å². The highest BCUT2D eigenvalue weighted by molar-refractivity contribution is 6.30. The summed E-state index contributed by atoms with van der Waals surface area (Å²) in [6.07, 6.45) is 6.13. The molecule has 1 fully saturated rings. The predicted octanol–water partition coefficient (Wildman–Crippen LogP) is 3.15. The van der Waals surface area contributed by atoms with Gasteiger partial charge in [0.25, 0.3) is 5.91 Å². The molecule has 0 radical (unpaired) electrons. The molecule has 0 unspecified atom stereocenters. The van der Waals surface area contributed by atoms with Gasteiger partial charge in [-0.3, -0.25) is 4.79 Å². The molecular formula is C15H21ClN2O2. The Kier molecular flexibility index (Phi) is 5.24. The van der Waals surface area contributed by atoms with Crippen molar-refractivity contribution in [2.75, 3.05) is 13.7 Å². The molecular weight excluding hydrogens is 276 g/mol. The van der Waals surface area contributed by atoms with Crippen molar-refractivity contribution in [2.45, 2.75) is 38.6 Å². The van der Waals surface area contributed by atoms with Crippen LogP contribution in [0.1, 0.15) is 32.6 Å². The third-order valence-electron chi connectivity index (χ3n) is 4.00. The van der Waals surface area contributed by atoms with Gasteiger partial charge in [-0.05, 0) is 43.7 Å². The van der Waals surface area contributed by atoms with Crippen molar-refractivity contribution in [3.05, 3.63) is 23.5 Å². The number of amides is 1. The van der Waals surface area contributed by atoms with Crippen molar-refractivity contribution in [2.24, 2.45) is 5.92 Å². The van der Waals surface area contributed by atoms with Gasteiger partial charge in [0.05, 0.1) is 0 Å². The van der Waals surface area contributed by atoms with E-state index >= 15 is 0 Å². The molecule has 110 valence electrons. The van der Waals surface area contributed by atoms with Crippen LogP contribution in [-0.2, 0) is 4.79 Å². The summed E-state index contributed by atoms with van der Waals surface area (Å²) < 4.78 is 5.45. The van der Waals surface area contributed by atoms with Crippen molar-refractivity contribution in [3.8, 4) is 5.75 Å². The molecule has 0 atom stereocenters. The van der Waals surface area contributed by atoms with E-state index in [1.807, 2.05) is 11.9 Å². The molecule has 0 aliphatic heterocycles. The average Bonchev–Trinajstić information content (AvgIpc) is 2.46. The van der Waals surface area contributed by atoms with Crippen LogP contribution < -0.4 is 4.74 Å². The molecule has 2 rings (SSSR count). The summed E-state index contributed by atoms with van der Waals surface area (Å²) in [6.45, 7) is 2.28. The normalized spacial score (nSPS) is 22.4. The van der Waals surface area contributed by atoms with E-state index in [4.69, 9.17) is 16.3 Å². The average molecular weight is 297 g/mol. The number of carbonyl (C=O) groups is 1. The first-order valence-electron chi connectivity index (χ1n) is 7.07. The van der Waals surface area contributed by atoms with E-state index in [2.05, 4.69) is 11.9 Å². The molecule has 1 aliphatic rings. The molecule has 1 aliphatic carbocycles. The first-order chi connectivity index (χ1) is 9.58. The van der Waals surface area contributed by atoms with Crippen LogP contribution in [0.15, 0.2) is 18.3 Å². The number of hydrogen-bond acceptors (Lipinski definition) is 3. The zero-order chi connectivity index (χ0) is 14.5. The number of carbonyl (C=O) groups excluding carboxylic acids is 1. The highest BCUT2D eigenvalue weighted by Gasteiger charge is 2.25. The molecule has 1 aromatic rings. The predicted molar refractivity (Wildman–Crippen MR) is 78.9 cm³/mol. The largest absolute Gasteiger partial charge is 0.481 e. The summed E-state index contributed by atoms with van der Waals surface area (Å²) in [5.41, 5.74) is 0. The summed E-state index contributed by atoms with van der Waals surface area (Å²) >= 11 is 5.89. The molecule has 1 heterocycles. The second-order valence-corrected chi connectivity index (χ2v) is 5.86. The van der Waals surface area contributed by atoms with E-state index in [-0.39, 0.29) is 17.7 Å². The Hall–Kier alpha value is -1.29. The van der Waals surface area contributed by atoms with Crippen LogP contribution in [0.2, 0.25) is 5.15 Å². The molecule has 0 bridgehead atoms. The van der Waals surface area contributed by atoms with Crippen molar-refractivity contribution in [3.63, 3.8) is 0 Å². The fraction of sp³-hybridized carbons (Fsp3) is 0.600. The Morgan fingerprint density at radius 1 is 1.45 bits per heavy atom. The highest BCUT2D eigenvalue weighted by atomic mass is 35.5. The second-order valence-electron chi connectivity index (χ2n) is 5.50. The Morgan fingerprint density at radius 2 is 2.15 bits per heavy atom. The summed E-state index contributed by atoms with van der Waals surface area (Å²) in [5, 5.41) is 0.287. The molecule has 5 heteroatoms. The Balaban J connectivity index is 1.84. The summed E-state index contributed by atoms with van der Waals surface area (Å²) in [5.74, 6) is 1.22. The SMILES string of the molecule is CC1CCC(N(C)C(=O)COc2cccnc2Cl)CC1. The lowest BCUT2D eigenvalue weighted by atomic mass is 9.87. The van der Waals surface area contributed by atoms with Crippen LogP contribution in [0.4, 0.5) is 0 Å². The maximum atomic E-state index is 12.1. The van der Waals surface area contributed by atoms with Crippen LogP contribution in [0.25, 0.3) is 0 Å². The van der Waals surface area contributed by atoms with Gasteiger partial charge in [-0.2, -0.15) is 0 Å². The molecule has 0 saturated heterocycles. The zero-order valence-electron chi connectivity index (χ0n) is 12.0. The van der Waals surface area contributed by atoms with Crippen LogP contribution in [-0.4, -0.2) is 35.5 Å². The number of hydrogen-bond donors (Lipinski definition) is 0. The monoisotopic (exact) mass is 296 g/mol. The van der Waals surface area contributed by atoms with Gasteiger partial charge in [-0.1, -0.05) is 18.5 Å². The van der Waals surface area contributed by atoms with Crippen molar-refractivity contribution in [1.82, 2.24) is 9.88 Å². The zero-order valence-corrected chi connectivity index (χ0v) is 12.8. The fourth-order valence-corrected chi connectivity index (χ4v) is 2.73. The van der Waals surface area contributed by atoms with Gasteiger partial charge >= 0.3 is 0 Å². The number of pyridine rings is 1. The standard InChI is InChI=1S/C15H21ClN2O2/c1-11-5-7-12(8-6-11)18(2)14(19)10-20-13-4-3-9-17-15(13)16/h3-4,9,11-12H,5-8,10H2,1-2H3. The van der Waals surface area contributed by atoms with Gasteiger partial charge in [0.15, 0.2) is 17.5 Å². The van der Waals surface area contributed by atoms with Gasteiger partial charge in [0.2, 0.25) is 0 Å². The first-order valence-corrected chi connectivity index (χ1v) is 7.44. The van der Waals surface area contributed by atoms with Crippen molar-refractivity contribution >= 4 is 17.5 Å². The molecule has 20 heavy (non-hydrogen) atoms. The molecule has 4 nitrogen and oxygen atoms in total. The molecule has 0 aromatic carbocycles. The van der Waals surface area contributed by atoms with Gasteiger partial charge in [-0.25, -0.2) is 4.98 Å². The molecule has 1 saturated carbocycles. The number of aromatic nitrogens is 1. The lowest BCUT2D eigenvalue weighted by molar-refractivity contribution is -0.134. The van der Waals surface area contributed by atoms with E-state index in [9.17, 15) is 4.79 Å². The van der Waals surface area contributed by atoms with Crippen molar-refractivity contribution < 1.29 is 9.53 Å². The third-order valence-corrected chi connectivity index (χ3v) is 4.29. The highest BCUT2D eigenvalue weighted by Crippen LogP contribution is 2.26. The summed E-state index contributed by atoms with van der Waals surface area (Å²) in [4.78, 5) is 17.9. The molecule has 1 aromatic heterocycles. The maximum Gasteiger partial charge on any atom is 0.260 e. The van der Waals surface area contributed by atoms with Gasteiger partial charge in [0, 0.05) is 19.3 Å². The fourth-order valence-electron chi connectivity index (χ4n) is 2.55. The molecule has 0 spiro atoms. The first kappa shape index (κ1) is 15.1. The summed E-state index contributed by atoms with van der Waals surface area (Å²) in [6, 6.07) is 3.79.